The zero-order valence-electron chi connectivity index (χ0n) is 10.5. The van der Waals surface area contributed by atoms with Crippen molar-refractivity contribution in [3.63, 3.8) is 0 Å². The van der Waals surface area contributed by atoms with Crippen molar-refractivity contribution >= 4 is 32.0 Å². The van der Waals surface area contributed by atoms with Gasteiger partial charge >= 0.3 is 15.2 Å². The molecule has 2 aromatic carbocycles. The van der Waals surface area contributed by atoms with E-state index in [0.717, 1.165) is 6.08 Å². The second-order valence-electron chi connectivity index (χ2n) is 4.31. The van der Waals surface area contributed by atoms with E-state index in [-0.39, 0.29) is 11.3 Å². The Kier molecular flexibility index (Phi) is 4.08. The molecule has 112 valence electrons. The standard InChI is InChI=1S/C12H12O7P2/c13-11-6-5-8(9-3-1-2-4-10(9)11)7-12(20(14,15)16)21(17,18)19/h1-7,13H,(H2,14,15,16)(H2,17,18,19). The molecule has 0 fully saturated rings. The van der Waals surface area contributed by atoms with Gasteiger partial charge in [0.15, 0.2) is 5.06 Å². The number of phenols is 1. The minimum atomic E-state index is -5.12. The van der Waals surface area contributed by atoms with E-state index < -0.39 is 20.2 Å². The zero-order chi connectivity index (χ0) is 15.8. The lowest BCUT2D eigenvalue weighted by atomic mass is 10.0. The smallest absolute Gasteiger partial charge is 0.364 e. The highest BCUT2D eigenvalue weighted by Crippen LogP contribution is 2.64. The molecule has 0 radical (unpaired) electrons. The molecule has 0 unspecified atom stereocenters. The van der Waals surface area contributed by atoms with Crippen LogP contribution in [-0.4, -0.2) is 24.7 Å². The van der Waals surface area contributed by atoms with Gasteiger partial charge in [0.25, 0.3) is 0 Å². The molecule has 0 spiro atoms. The average Bonchev–Trinajstić information content (AvgIpc) is 2.35. The van der Waals surface area contributed by atoms with Crippen LogP contribution in [0.2, 0.25) is 0 Å². The van der Waals surface area contributed by atoms with E-state index in [1.165, 1.54) is 12.1 Å². The maximum Gasteiger partial charge on any atom is 0.364 e. The molecule has 0 aliphatic carbocycles. The van der Waals surface area contributed by atoms with Crippen LogP contribution in [0, 0.1) is 0 Å². The Bertz CT molecular complexity index is 791. The van der Waals surface area contributed by atoms with Crippen LogP contribution >= 0.6 is 15.2 Å². The maximum atomic E-state index is 11.3. The molecule has 0 bridgehead atoms. The van der Waals surface area contributed by atoms with Crippen LogP contribution in [0.25, 0.3) is 16.8 Å². The molecule has 0 aromatic heterocycles. The van der Waals surface area contributed by atoms with Crippen molar-refractivity contribution < 1.29 is 33.8 Å². The van der Waals surface area contributed by atoms with E-state index in [1.807, 2.05) is 0 Å². The van der Waals surface area contributed by atoms with Crippen LogP contribution in [0.1, 0.15) is 5.56 Å². The Morgan fingerprint density at radius 2 is 1.38 bits per heavy atom. The Balaban J connectivity index is 2.78. The van der Waals surface area contributed by atoms with E-state index in [2.05, 4.69) is 0 Å². The van der Waals surface area contributed by atoms with Gasteiger partial charge in [-0.05, 0) is 23.1 Å². The lowest BCUT2D eigenvalue weighted by molar-refractivity contribution is 0.368. The second kappa shape index (κ2) is 5.39. The van der Waals surface area contributed by atoms with Crippen LogP contribution in [0.4, 0.5) is 0 Å². The molecule has 2 aromatic rings. The lowest BCUT2D eigenvalue weighted by Crippen LogP contribution is -1.89. The molecular formula is C12H12O7P2. The van der Waals surface area contributed by atoms with Crippen molar-refractivity contribution in [2.45, 2.75) is 0 Å². The SMILES string of the molecule is O=P(O)(O)C(=Cc1ccc(O)c2ccccc12)P(=O)(O)O. The van der Waals surface area contributed by atoms with Gasteiger partial charge in [0.05, 0.1) is 0 Å². The highest BCUT2D eigenvalue weighted by Gasteiger charge is 2.36. The summed E-state index contributed by atoms with van der Waals surface area (Å²) in [6, 6.07) is 9.04. The van der Waals surface area contributed by atoms with Crippen molar-refractivity contribution in [2.75, 3.05) is 0 Å². The van der Waals surface area contributed by atoms with Crippen molar-refractivity contribution in [3.05, 3.63) is 47.0 Å². The molecule has 5 N–H and O–H groups in total. The average molecular weight is 330 g/mol. The molecule has 0 atom stereocenters. The summed E-state index contributed by atoms with van der Waals surface area (Å²) in [5.74, 6) is -0.0448. The Labute approximate surface area is 119 Å². The summed E-state index contributed by atoms with van der Waals surface area (Å²) in [6.45, 7) is 0. The minimum Gasteiger partial charge on any atom is -0.507 e. The molecule has 2 rings (SSSR count). The molecule has 21 heavy (non-hydrogen) atoms. The van der Waals surface area contributed by atoms with Crippen LogP contribution in [0.3, 0.4) is 0 Å². The Morgan fingerprint density at radius 3 is 1.90 bits per heavy atom. The highest BCUT2D eigenvalue weighted by molar-refractivity contribution is 7.77. The van der Waals surface area contributed by atoms with Gasteiger partial charge in [-0.2, -0.15) is 0 Å². The van der Waals surface area contributed by atoms with Crippen molar-refractivity contribution in [1.82, 2.24) is 0 Å². The quantitative estimate of drug-likeness (QED) is 0.544. The minimum absolute atomic E-state index is 0.0448. The molecule has 0 amide bonds. The molecular weight excluding hydrogens is 318 g/mol. The fourth-order valence-electron chi connectivity index (χ4n) is 1.91. The number of benzene rings is 2. The first-order valence-corrected chi connectivity index (χ1v) is 8.88. The van der Waals surface area contributed by atoms with Crippen molar-refractivity contribution in [2.24, 2.45) is 0 Å². The third kappa shape index (κ3) is 3.41. The molecule has 0 aliphatic rings. The summed E-state index contributed by atoms with van der Waals surface area (Å²) in [6.07, 6.45) is 0.767. The molecule has 7 nitrogen and oxygen atoms in total. The summed E-state index contributed by atoms with van der Waals surface area (Å²) in [5.41, 5.74) is 0.185. The predicted molar refractivity (Wildman–Crippen MR) is 77.7 cm³/mol. The number of fused-ring (bicyclic) bond motifs is 1. The summed E-state index contributed by atoms with van der Waals surface area (Å²) in [7, 11) is -10.2. The fraction of sp³-hybridized carbons (Fsp3) is 0. The molecule has 0 saturated carbocycles. The highest BCUT2D eigenvalue weighted by atomic mass is 31.2. The molecule has 0 aliphatic heterocycles. The van der Waals surface area contributed by atoms with Gasteiger partial charge in [-0.1, -0.05) is 30.3 Å². The van der Waals surface area contributed by atoms with E-state index in [9.17, 15) is 14.2 Å². The summed E-state index contributed by atoms with van der Waals surface area (Å²) < 4.78 is 22.5. The van der Waals surface area contributed by atoms with Gasteiger partial charge < -0.3 is 24.7 Å². The first-order valence-electron chi connectivity index (χ1n) is 5.65. The normalized spacial score (nSPS) is 12.4. The van der Waals surface area contributed by atoms with Crippen LogP contribution in [-0.2, 0) is 9.13 Å². The van der Waals surface area contributed by atoms with Gasteiger partial charge in [-0.3, -0.25) is 9.13 Å². The maximum absolute atomic E-state index is 11.3. The van der Waals surface area contributed by atoms with Crippen LogP contribution in [0.15, 0.2) is 41.5 Å². The number of hydrogen-bond donors (Lipinski definition) is 5. The monoisotopic (exact) mass is 330 g/mol. The number of hydrogen-bond acceptors (Lipinski definition) is 3. The van der Waals surface area contributed by atoms with Crippen LogP contribution < -0.4 is 0 Å². The molecule has 0 saturated heterocycles. The number of rotatable bonds is 3. The topological polar surface area (TPSA) is 135 Å². The third-order valence-electron chi connectivity index (χ3n) is 2.82. The van der Waals surface area contributed by atoms with E-state index in [4.69, 9.17) is 19.6 Å². The summed E-state index contributed by atoms with van der Waals surface area (Å²) >= 11 is 0. The van der Waals surface area contributed by atoms with Crippen LogP contribution in [0.5, 0.6) is 5.75 Å². The first-order chi connectivity index (χ1) is 9.60. The second-order valence-corrected chi connectivity index (χ2v) is 7.80. The number of phenolic OH excluding ortho intramolecular Hbond substituents is 1. The summed E-state index contributed by atoms with van der Waals surface area (Å²) in [5, 5.41) is 9.28. The van der Waals surface area contributed by atoms with Gasteiger partial charge in [0, 0.05) is 5.39 Å². The Morgan fingerprint density at radius 1 is 0.857 bits per heavy atom. The summed E-state index contributed by atoms with van der Waals surface area (Å²) in [4.78, 5) is 36.4. The van der Waals surface area contributed by atoms with E-state index >= 15 is 0 Å². The fourth-order valence-corrected chi connectivity index (χ4v) is 3.88. The van der Waals surface area contributed by atoms with Gasteiger partial charge in [-0.25, -0.2) is 0 Å². The predicted octanol–water partition coefficient (Wildman–Crippen LogP) is 2.20. The molecule has 0 heterocycles. The number of aromatic hydroxyl groups is 1. The third-order valence-corrected chi connectivity index (χ3v) is 5.83. The largest absolute Gasteiger partial charge is 0.507 e. The van der Waals surface area contributed by atoms with Gasteiger partial charge in [0.2, 0.25) is 0 Å². The van der Waals surface area contributed by atoms with Gasteiger partial charge in [0.1, 0.15) is 5.75 Å². The van der Waals surface area contributed by atoms with Crippen molar-refractivity contribution in [1.29, 1.82) is 0 Å². The zero-order valence-corrected chi connectivity index (χ0v) is 12.3. The van der Waals surface area contributed by atoms with Gasteiger partial charge in [-0.15, -0.1) is 0 Å². The first kappa shape index (κ1) is 15.9. The van der Waals surface area contributed by atoms with E-state index in [1.54, 1.807) is 24.3 Å². The van der Waals surface area contributed by atoms with Crippen molar-refractivity contribution in [3.8, 4) is 5.75 Å². The van der Waals surface area contributed by atoms with E-state index in [0.29, 0.717) is 10.8 Å². The lowest BCUT2D eigenvalue weighted by Gasteiger charge is -2.12. The Hall–Kier alpha value is -1.46. The molecule has 9 heteroatoms.